The van der Waals surface area contributed by atoms with Crippen molar-refractivity contribution < 1.29 is 14.2 Å². The van der Waals surface area contributed by atoms with Gasteiger partial charge in [0.15, 0.2) is 5.75 Å². The van der Waals surface area contributed by atoms with Gasteiger partial charge < -0.3 is 14.2 Å². The number of hydrogen-bond acceptors (Lipinski definition) is 6. The van der Waals surface area contributed by atoms with Gasteiger partial charge in [0.25, 0.3) is 0 Å². The van der Waals surface area contributed by atoms with E-state index in [-0.39, 0.29) is 11.2 Å². The fourth-order valence-electron chi connectivity index (χ4n) is 2.69. The lowest BCUT2D eigenvalue weighted by Gasteiger charge is -2.16. The Hall–Kier alpha value is -2.34. The summed E-state index contributed by atoms with van der Waals surface area (Å²) in [4.78, 5) is 18.0. The highest BCUT2D eigenvalue weighted by atomic mass is 32.1. The Morgan fingerprint density at radius 3 is 2.60 bits per heavy atom. The third-order valence-electron chi connectivity index (χ3n) is 4.07. The largest absolute Gasteiger partial charge is 0.494 e. The lowest BCUT2D eigenvalue weighted by atomic mass is 10.1. The first-order valence-corrected chi connectivity index (χ1v) is 9.04. The number of rotatable bonds is 6. The van der Waals surface area contributed by atoms with Gasteiger partial charge in [0, 0.05) is 11.6 Å². The second kappa shape index (κ2) is 7.27. The number of methoxy groups -OCH3 is 2. The van der Waals surface area contributed by atoms with E-state index < -0.39 is 0 Å². The van der Waals surface area contributed by atoms with Gasteiger partial charge in [-0.15, -0.1) is 11.3 Å². The molecule has 0 bridgehead atoms. The van der Waals surface area contributed by atoms with Gasteiger partial charge in [0.05, 0.1) is 35.9 Å². The average Bonchev–Trinajstić information content (AvgIpc) is 2.63. The molecule has 0 atom stereocenters. The van der Waals surface area contributed by atoms with Crippen LogP contribution in [0.2, 0.25) is 0 Å². The molecule has 0 saturated heterocycles. The van der Waals surface area contributed by atoms with E-state index in [9.17, 15) is 4.79 Å². The van der Waals surface area contributed by atoms with Gasteiger partial charge in [-0.25, -0.2) is 4.98 Å². The van der Waals surface area contributed by atoms with E-state index in [1.807, 2.05) is 18.2 Å². The molecule has 0 aromatic heterocycles. The van der Waals surface area contributed by atoms with Crippen LogP contribution in [0.1, 0.15) is 25.3 Å². The molecule has 132 valence electrons. The number of unbranched alkanes of at least 4 members (excludes halogenated alkanes) is 1. The normalized spacial score (nSPS) is 11.0. The smallest absolute Gasteiger partial charge is 0.228 e. The summed E-state index contributed by atoms with van der Waals surface area (Å²) in [7, 11) is 2.99. The van der Waals surface area contributed by atoms with E-state index >= 15 is 0 Å². The van der Waals surface area contributed by atoms with E-state index in [1.54, 1.807) is 6.92 Å². The number of hydrogen-bond donors (Lipinski definition) is 0. The minimum Gasteiger partial charge on any atom is -0.494 e. The van der Waals surface area contributed by atoms with Crippen molar-refractivity contribution in [1.29, 1.82) is 0 Å². The molecule has 3 rings (SSSR count). The van der Waals surface area contributed by atoms with Crippen molar-refractivity contribution in [3.8, 4) is 27.8 Å². The van der Waals surface area contributed by atoms with E-state index in [0.29, 0.717) is 23.6 Å². The Bertz CT molecular complexity index is 935. The van der Waals surface area contributed by atoms with Crippen LogP contribution >= 0.6 is 11.3 Å². The summed E-state index contributed by atoms with van der Waals surface area (Å²) in [6, 6.07) is 5.85. The lowest BCUT2D eigenvalue weighted by Crippen LogP contribution is -2.13. The summed E-state index contributed by atoms with van der Waals surface area (Å²) < 4.78 is 17.5. The van der Waals surface area contributed by atoms with Crippen molar-refractivity contribution >= 4 is 21.6 Å². The number of benzene rings is 2. The maximum Gasteiger partial charge on any atom is 0.228 e. The quantitative estimate of drug-likeness (QED) is 0.486. The summed E-state index contributed by atoms with van der Waals surface area (Å²) in [6.45, 7) is 4.61. The molecule has 0 fully saturated rings. The first-order valence-electron chi connectivity index (χ1n) is 8.22. The molecule has 0 spiro atoms. The lowest BCUT2D eigenvalue weighted by molar-refractivity contribution is 0.310. The van der Waals surface area contributed by atoms with E-state index in [2.05, 4.69) is 6.92 Å². The van der Waals surface area contributed by atoms with Crippen LogP contribution in [0.5, 0.6) is 17.2 Å². The van der Waals surface area contributed by atoms with Gasteiger partial charge in [-0.05, 0) is 25.5 Å². The number of ether oxygens (including phenoxy) is 3. The summed E-state index contributed by atoms with van der Waals surface area (Å²) in [6.07, 6.45) is 2.11. The van der Waals surface area contributed by atoms with Crippen LogP contribution in [-0.4, -0.2) is 25.8 Å². The zero-order chi connectivity index (χ0) is 18.0. The molecule has 6 heteroatoms. The van der Waals surface area contributed by atoms with Crippen molar-refractivity contribution in [1.82, 2.24) is 4.98 Å². The van der Waals surface area contributed by atoms with Crippen molar-refractivity contribution in [3.05, 3.63) is 34.0 Å². The average molecular weight is 359 g/mol. The minimum absolute atomic E-state index is 0.163. The molecule has 0 saturated carbocycles. The fourth-order valence-corrected chi connectivity index (χ4v) is 3.74. The van der Waals surface area contributed by atoms with Gasteiger partial charge >= 0.3 is 0 Å². The molecule has 1 aromatic rings. The third-order valence-corrected chi connectivity index (χ3v) is 5.34. The Morgan fingerprint density at radius 2 is 1.92 bits per heavy atom. The van der Waals surface area contributed by atoms with Crippen LogP contribution in [0.3, 0.4) is 0 Å². The first-order chi connectivity index (χ1) is 12.1. The van der Waals surface area contributed by atoms with Crippen LogP contribution in [0.25, 0.3) is 20.8 Å². The van der Waals surface area contributed by atoms with Crippen LogP contribution in [-0.2, 0) is 0 Å². The Balaban J connectivity index is 2.21. The molecule has 0 amide bonds. The van der Waals surface area contributed by atoms with Gasteiger partial charge in [-0.1, -0.05) is 13.3 Å². The highest BCUT2D eigenvalue weighted by Gasteiger charge is 2.24. The van der Waals surface area contributed by atoms with Crippen molar-refractivity contribution in [2.45, 2.75) is 26.7 Å². The number of aromatic nitrogens is 1. The van der Waals surface area contributed by atoms with Crippen LogP contribution < -0.4 is 19.6 Å². The predicted molar refractivity (Wildman–Crippen MR) is 101 cm³/mol. The summed E-state index contributed by atoms with van der Waals surface area (Å²) in [5.41, 5.74) is 1.91. The molecular formula is C19H21NO4S. The molecule has 1 aromatic carbocycles. The molecular weight excluding hydrogens is 338 g/mol. The van der Waals surface area contributed by atoms with E-state index in [1.165, 1.54) is 25.6 Å². The Labute approximate surface area is 150 Å². The number of fused-ring (bicyclic) bond motifs is 2. The molecule has 25 heavy (non-hydrogen) atoms. The highest BCUT2D eigenvalue weighted by Crippen LogP contribution is 2.42. The SMILES string of the molecule is CCCCOc1ccc2sc3c(C)c(=O)c(OC)c(OC)c-3nc2c1. The standard InChI is InChI=1S/C19H21NO4S/c1-5-6-9-24-12-7-8-14-13(10-12)20-15-17(22-3)18(23-4)16(21)11(2)19(15)25-14/h7-8,10H,5-6,9H2,1-4H3. The third kappa shape index (κ3) is 3.14. The topological polar surface area (TPSA) is 57.7 Å². The second-order valence-corrected chi connectivity index (χ2v) is 6.80. The Kier molecular flexibility index (Phi) is 5.08. The minimum atomic E-state index is -0.163. The van der Waals surface area contributed by atoms with Gasteiger partial charge in [0.1, 0.15) is 11.4 Å². The van der Waals surface area contributed by atoms with Crippen LogP contribution in [0.4, 0.5) is 0 Å². The first kappa shape index (κ1) is 17.5. The molecule has 5 nitrogen and oxygen atoms in total. The summed E-state index contributed by atoms with van der Waals surface area (Å²) in [5.74, 6) is 1.37. The number of nitrogens with zero attached hydrogens (tertiary/aromatic N) is 1. The van der Waals surface area contributed by atoms with Gasteiger partial charge in [0.2, 0.25) is 11.2 Å². The zero-order valence-electron chi connectivity index (χ0n) is 14.8. The van der Waals surface area contributed by atoms with Gasteiger partial charge in [-0.2, -0.15) is 0 Å². The maximum atomic E-state index is 12.5. The highest BCUT2D eigenvalue weighted by molar-refractivity contribution is 7.21. The molecule has 0 unspecified atom stereocenters. The molecule has 1 heterocycles. The summed E-state index contributed by atoms with van der Waals surface area (Å²) >= 11 is 1.52. The second-order valence-electron chi connectivity index (χ2n) is 5.74. The molecule has 1 aliphatic heterocycles. The van der Waals surface area contributed by atoms with E-state index in [0.717, 1.165) is 33.7 Å². The Morgan fingerprint density at radius 1 is 1.16 bits per heavy atom. The fraction of sp³-hybridized carbons (Fsp3) is 0.368. The van der Waals surface area contributed by atoms with Crippen LogP contribution in [0.15, 0.2) is 23.0 Å². The van der Waals surface area contributed by atoms with Crippen molar-refractivity contribution in [2.24, 2.45) is 0 Å². The van der Waals surface area contributed by atoms with Crippen LogP contribution in [0, 0.1) is 6.92 Å². The molecule has 0 N–H and O–H groups in total. The zero-order valence-corrected chi connectivity index (χ0v) is 15.7. The van der Waals surface area contributed by atoms with Crippen molar-refractivity contribution in [3.63, 3.8) is 0 Å². The molecule has 2 aliphatic rings. The van der Waals surface area contributed by atoms with Gasteiger partial charge in [-0.3, -0.25) is 4.79 Å². The predicted octanol–water partition coefficient (Wildman–Crippen LogP) is 4.27. The maximum absolute atomic E-state index is 12.5. The van der Waals surface area contributed by atoms with E-state index in [4.69, 9.17) is 19.2 Å². The van der Waals surface area contributed by atoms with Crippen molar-refractivity contribution in [2.75, 3.05) is 20.8 Å². The molecule has 0 radical (unpaired) electrons. The monoisotopic (exact) mass is 359 g/mol. The molecule has 1 aliphatic carbocycles. The summed E-state index contributed by atoms with van der Waals surface area (Å²) in [5, 5.41) is 0.